The van der Waals surface area contributed by atoms with Crippen molar-refractivity contribution in [3.05, 3.63) is 0 Å². The van der Waals surface area contributed by atoms with Crippen LogP contribution in [0, 0.1) is 17.8 Å². The molecule has 0 aromatic heterocycles. The molecule has 0 amide bonds. The Bertz CT molecular complexity index is 241. The molecule has 0 aliphatic heterocycles. The molecule has 0 aromatic rings. The maximum Gasteiger partial charge on any atom is 0.0591 e. The third-order valence-electron chi connectivity index (χ3n) is 5.06. The highest BCUT2D eigenvalue weighted by Crippen LogP contribution is 2.40. The van der Waals surface area contributed by atoms with Crippen molar-refractivity contribution in [2.75, 3.05) is 19.8 Å². The lowest BCUT2D eigenvalue weighted by molar-refractivity contribution is 0.110. The molecule has 1 N–H and O–H groups in total. The first-order valence-corrected chi connectivity index (χ1v) is 8.57. The van der Waals surface area contributed by atoms with Crippen molar-refractivity contribution in [3.63, 3.8) is 0 Å². The van der Waals surface area contributed by atoms with E-state index in [0.717, 1.165) is 43.6 Å². The summed E-state index contributed by atoms with van der Waals surface area (Å²) in [7, 11) is 0. The maximum atomic E-state index is 5.68. The van der Waals surface area contributed by atoms with Gasteiger partial charge in [-0.25, -0.2) is 0 Å². The molecule has 112 valence electrons. The van der Waals surface area contributed by atoms with Crippen molar-refractivity contribution in [2.24, 2.45) is 17.8 Å². The summed E-state index contributed by atoms with van der Waals surface area (Å²) >= 11 is 0. The molecule has 2 saturated carbocycles. The second-order valence-corrected chi connectivity index (χ2v) is 7.06. The molecule has 19 heavy (non-hydrogen) atoms. The molecule has 3 atom stereocenters. The fourth-order valence-electron chi connectivity index (χ4n) is 3.82. The maximum absolute atomic E-state index is 5.68. The number of ether oxygens (including phenoxy) is 1. The van der Waals surface area contributed by atoms with Gasteiger partial charge in [0, 0.05) is 19.2 Å². The Morgan fingerprint density at radius 2 is 1.79 bits per heavy atom. The summed E-state index contributed by atoms with van der Waals surface area (Å²) in [6.07, 6.45) is 11.5. The van der Waals surface area contributed by atoms with Crippen molar-refractivity contribution < 1.29 is 4.74 Å². The Balaban J connectivity index is 1.52. The van der Waals surface area contributed by atoms with E-state index in [0.29, 0.717) is 0 Å². The molecule has 2 rings (SSSR count). The topological polar surface area (TPSA) is 21.3 Å². The largest absolute Gasteiger partial charge is 0.380 e. The monoisotopic (exact) mass is 267 g/mol. The number of nitrogens with one attached hydrogen (secondary N) is 1. The lowest BCUT2D eigenvalue weighted by Gasteiger charge is -2.39. The van der Waals surface area contributed by atoms with Crippen molar-refractivity contribution in [3.8, 4) is 0 Å². The molecule has 2 heteroatoms. The summed E-state index contributed by atoms with van der Waals surface area (Å²) in [4.78, 5) is 0. The van der Waals surface area contributed by atoms with Crippen molar-refractivity contribution >= 4 is 0 Å². The third-order valence-corrected chi connectivity index (χ3v) is 5.06. The zero-order chi connectivity index (χ0) is 13.5. The quantitative estimate of drug-likeness (QED) is 0.704. The summed E-state index contributed by atoms with van der Waals surface area (Å²) in [6, 6.07) is 0.771. The van der Waals surface area contributed by atoms with Gasteiger partial charge < -0.3 is 10.1 Å². The van der Waals surface area contributed by atoms with Gasteiger partial charge in [-0.3, -0.25) is 0 Å². The minimum absolute atomic E-state index is 0.759. The number of hydrogen-bond donors (Lipinski definition) is 1. The van der Waals surface area contributed by atoms with E-state index < -0.39 is 0 Å². The normalized spacial score (nSPS) is 31.4. The van der Waals surface area contributed by atoms with Gasteiger partial charge in [0.2, 0.25) is 0 Å². The van der Waals surface area contributed by atoms with Crippen LogP contribution in [0.15, 0.2) is 0 Å². The van der Waals surface area contributed by atoms with Crippen LogP contribution in [0.3, 0.4) is 0 Å². The lowest BCUT2D eigenvalue weighted by atomic mass is 9.69. The van der Waals surface area contributed by atoms with Crippen molar-refractivity contribution in [1.82, 2.24) is 5.32 Å². The Labute approximate surface area is 119 Å². The summed E-state index contributed by atoms with van der Waals surface area (Å²) in [5.41, 5.74) is 0. The molecule has 2 fully saturated rings. The van der Waals surface area contributed by atoms with E-state index in [-0.39, 0.29) is 0 Å². The molecule has 2 aliphatic rings. The second kappa shape index (κ2) is 8.26. The van der Waals surface area contributed by atoms with E-state index >= 15 is 0 Å². The number of fused-ring (bicyclic) bond motifs is 1. The van der Waals surface area contributed by atoms with Gasteiger partial charge in [-0.15, -0.1) is 0 Å². The van der Waals surface area contributed by atoms with Gasteiger partial charge in [0.05, 0.1) is 6.61 Å². The molecule has 0 bridgehead atoms. The van der Waals surface area contributed by atoms with Crippen LogP contribution in [0.1, 0.15) is 65.2 Å². The molecule has 0 radical (unpaired) electrons. The third kappa shape index (κ3) is 5.43. The molecule has 0 heterocycles. The van der Waals surface area contributed by atoms with E-state index in [1.807, 2.05) is 0 Å². The summed E-state index contributed by atoms with van der Waals surface area (Å²) in [6.45, 7) is 7.36. The Morgan fingerprint density at radius 3 is 2.58 bits per heavy atom. The molecular formula is C17H33NO. The van der Waals surface area contributed by atoms with Crippen molar-refractivity contribution in [2.45, 2.75) is 71.3 Å². The predicted octanol–water partition coefficient (Wildman–Crippen LogP) is 4.00. The van der Waals surface area contributed by atoms with Gasteiger partial charge in [0.25, 0.3) is 0 Å². The summed E-state index contributed by atoms with van der Waals surface area (Å²) < 4.78 is 5.68. The Hall–Kier alpha value is -0.0800. The highest BCUT2D eigenvalue weighted by Gasteiger charge is 2.31. The van der Waals surface area contributed by atoms with E-state index in [4.69, 9.17) is 4.74 Å². The van der Waals surface area contributed by atoms with Gasteiger partial charge in [-0.2, -0.15) is 0 Å². The second-order valence-electron chi connectivity index (χ2n) is 7.06. The summed E-state index contributed by atoms with van der Waals surface area (Å²) in [5, 5.41) is 3.72. The van der Waals surface area contributed by atoms with Gasteiger partial charge in [0.1, 0.15) is 0 Å². The predicted molar refractivity (Wildman–Crippen MR) is 81.4 cm³/mol. The number of hydrogen-bond acceptors (Lipinski definition) is 2. The van der Waals surface area contributed by atoms with Gasteiger partial charge in [-0.05, 0) is 43.4 Å². The van der Waals surface area contributed by atoms with E-state index in [1.165, 1.54) is 51.4 Å². The van der Waals surface area contributed by atoms with Crippen LogP contribution in [-0.2, 0) is 4.74 Å². The number of rotatable bonds is 7. The minimum Gasteiger partial charge on any atom is -0.380 e. The molecule has 2 aliphatic carbocycles. The van der Waals surface area contributed by atoms with Crippen LogP contribution in [0.2, 0.25) is 0 Å². The van der Waals surface area contributed by atoms with E-state index in [2.05, 4.69) is 19.2 Å². The molecular weight excluding hydrogens is 234 g/mol. The highest BCUT2D eigenvalue weighted by molar-refractivity contribution is 4.86. The molecule has 0 spiro atoms. The molecule has 0 saturated heterocycles. The molecule has 2 nitrogen and oxygen atoms in total. The average molecular weight is 267 g/mol. The average Bonchev–Trinajstić information content (AvgIpc) is 2.42. The van der Waals surface area contributed by atoms with Crippen LogP contribution < -0.4 is 5.32 Å². The lowest BCUT2D eigenvalue weighted by Crippen LogP contribution is -2.40. The standard InChI is InChI=1S/C17H33NO/c1-14(2)9-11-19-12-10-18-17-8-7-15-5-3-4-6-16(15)13-17/h14-18H,3-13H2,1-2H3. The highest BCUT2D eigenvalue weighted by atomic mass is 16.5. The zero-order valence-corrected chi connectivity index (χ0v) is 13.0. The van der Waals surface area contributed by atoms with Gasteiger partial charge in [0.15, 0.2) is 0 Å². The first-order chi connectivity index (χ1) is 9.25. The Morgan fingerprint density at radius 1 is 1.00 bits per heavy atom. The van der Waals surface area contributed by atoms with Crippen LogP contribution in [0.4, 0.5) is 0 Å². The fourth-order valence-corrected chi connectivity index (χ4v) is 3.82. The van der Waals surface area contributed by atoms with E-state index in [9.17, 15) is 0 Å². The smallest absolute Gasteiger partial charge is 0.0591 e. The van der Waals surface area contributed by atoms with Crippen LogP contribution >= 0.6 is 0 Å². The van der Waals surface area contributed by atoms with Crippen LogP contribution in [0.25, 0.3) is 0 Å². The molecule has 3 unspecified atom stereocenters. The zero-order valence-electron chi connectivity index (χ0n) is 13.0. The summed E-state index contributed by atoms with van der Waals surface area (Å²) in [5.74, 6) is 2.85. The minimum atomic E-state index is 0.759. The van der Waals surface area contributed by atoms with Gasteiger partial charge in [-0.1, -0.05) is 39.5 Å². The van der Waals surface area contributed by atoms with Crippen LogP contribution in [-0.4, -0.2) is 25.8 Å². The molecule has 0 aromatic carbocycles. The first kappa shape index (κ1) is 15.3. The Kier molecular flexibility index (Phi) is 6.66. The van der Waals surface area contributed by atoms with Crippen LogP contribution in [0.5, 0.6) is 0 Å². The van der Waals surface area contributed by atoms with Gasteiger partial charge >= 0.3 is 0 Å². The SMILES string of the molecule is CC(C)CCOCCNC1CCC2CCCCC2C1. The van der Waals surface area contributed by atoms with E-state index in [1.54, 1.807) is 0 Å². The first-order valence-electron chi connectivity index (χ1n) is 8.57. The fraction of sp³-hybridized carbons (Fsp3) is 1.00. The van der Waals surface area contributed by atoms with Crippen molar-refractivity contribution in [1.29, 1.82) is 0 Å².